The Kier molecular flexibility index (Phi) is 15.8. The number of ether oxygens (including phenoxy) is 7. The number of pyridine rings is 1. The highest BCUT2D eigenvalue weighted by Crippen LogP contribution is 2.41. The molecule has 4 N–H and O–H groups in total. The summed E-state index contributed by atoms with van der Waals surface area (Å²) in [6, 6.07) is 6.62. The van der Waals surface area contributed by atoms with Gasteiger partial charge in [0, 0.05) is 23.8 Å². The lowest BCUT2D eigenvalue weighted by Gasteiger charge is -2.21. The van der Waals surface area contributed by atoms with E-state index in [2.05, 4.69) is 42.8 Å². The molecule has 16 nitrogen and oxygen atoms in total. The molecule has 3 heterocycles. The molecule has 0 radical (unpaired) electrons. The number of benzene rings is 3. The summed E-state index contributed by atoms with van der Waals surface area (Å²) in [6.07, 6.45) is 7.18. The first kappa shape index (κ1) is 47.5. The predicted molar refractivity (Wildman–Crippen MR) is 236 cm³/mol. The summed E-state index contributed by atoms with van der Waals surface area (Å²) in [5.41, 5.74) is 1.42. The van der Waals surface area contributed by atoms with Gasteiger partial charge in [-0.25, -0.2) is 28.1 Å². The number of carbonyl (C=O) groups is 2. The molecule has 1 fully saturated rings. The Bertz CT molecular complexity index is 2550. The third kappa shape index (κ3) is 11.1. The Labute approximate surface area is 381 Å². The first-order valence-corrected chi connectivity index (χ1v) is 20.1. The third-order valence-corrected chi connectivity index (χ3v) is 10.6. The Morgan fingerprint density at radius 2 is 1.45 bits per heavy atom. The number of aryl methyl sites for hydroxylation is 1. The molecule has 3 aromatic carbocycles. The van der Waals surface area contributed by atoms with Crippen LogP contribution >= 0.6 is 23.2 Å². The molecule has 2 amide bonds. The largest absolute Gasteiger partial charge is 0.495 e. The van der Waals surface area contributed by atoms with Gasteiger partial charge in [0.2, 0.25) is 17.8 Å². The fraction of sp³-hybridized carbons (Fsp3) is 0.250. The number of halogens is 5. The summed E-state index contributed by atoms with van der Waals surface area (Å²) >= 11 is 12.8. The summed E-state index contributed by atoms with van der Waals surface area (Å²) in [5, 5.41) is 11.8. The zero-order chi connectivity index (χ0) is 46.8. The lowest BCUT2D eigenvalue weighted by atomic mass is 10.1. The van der Waals surface area contributed by atoms with Gasteiger partial charge in [-0.15, -0.1) is 0 Å². The van der Waals surface area contributed by atoms with Crippen molar-refractivity contribution in [2.24, 2.45) is 0 Å². The normalized spacial score (nSPS) is 14.4. The van der Waals surface area contributed by atoms with E-state index >= 15 is 13.2 Å². The summed E-state index contributed by atoms with van der Waals surface area (Å²) in [4.78, 5) is 37.7. The number of para-hydroxylation sites is 1. The van der Waals surface area contributed by atoms with Gasteiger partial charge in [0.25, 0.3) is 0 Å². The SMILES string of the molecule is C=CC(=O)Nc1cccc(C)c1Nc1ncc(OCc2c(F)c(OC)c(/C=C/C(=O)NC3COCC3Nc3ncc(OCc4c(Cl)c(OC)cc(OC)c4Cl)cc3F)c(OC)c2F)cn1. The second-order valence-corrected chi connectivity index (χ2v) is 14.6. The Balaban J connectivity index is 1.08. The van der Waals surface area contributed by atoms with Gasteiger partial charge in [-0.05, 0) is 30.7 Å². The van der Waals surface area contributed by atoms with E-state index in [0.717, 1.165) is 29.9 Å². The Hall–Kier alpha value is -6.96. The lowest BCUT2D eigenvalue weighted by Crippen LogP contribution is -2.45. The maximum absolute atomic E-state index is 15.9. The molecular formula is C44H42Cl2F3N7O9. The van der Waals surface area contributed by atoms with Gasteiger partial charge in [0.1, 0.15) is 30.5 Å². The number of nitrogens with zero attached hydrogens (tertiary/aromatic N) is 3. The monoisotopic (exact) mass is 939 g/mol. The molecule has 0 aliphatic carbocycles. The fourth-order valence-corrected chi connectivity index (χ4v) is 7.07. The van der Waals surface area contributed by atoms with Crippen molar-refractivity contribution < 1.29 is 55.9 Å². The minimum Gasteiger partial charge on any atom is -0.495 e. The fourth-order valence-electron chi connectivity index (χ4n) is 6.46. The molecule has 1 saturated heterocycles. The molecule has 6 rings (SSSR count). The van der Waals surface area contributed by atoms with Gasteiger partial charge in [0.15, 0.2) is 40.5 Å². The lowest BCUT2D eigenvalue weighted by molar-refractivity contribution is -0.117. The minimum absolute atomic E-state index is 0.0594. The van der Waals surface area contributed by atoms with Crippen LogP contribution in [0.5, 0.6) is 34.5 Å². The van der Waals surface area contributed by atoms with Crippen molar-refractivity contribution in [2.75, 3.05) is 57.6 Å². The standard InChI is InChI=1S/C44H42Cl2F3N7O9/c1-7-34(57)53-29-10-8-9-22(2)40(29)56-44-51-16-24(17-52-44)65-19-27-38(48)41(61-5)25(42(62-6)39(27)49)11-12-35(58)54-30-20-63-21-31(30)55-43-28(47)13-23(15-50-43)64-18-26-36(45)32(59-3)14-33(60-4)37(26)46/h7-17,30-31H,1,18-21H2,2-6H3,(H,50,55)(H,53,57)(H,54,58)(H,51,52,56)/b12-11+. The van der Waals surface area contributed by atoms with Gasteiger partial charge in [-0.3, -0.25) is 9.59 Å². The molecule has 2 aromatic heterocycles. The first-order chi connectivity index (χ1) is 31.3. The highest BCUT2D eigenvalue weighted by molar-refractivity contribution is 6.37. The van der Waals surface area contributed by atoms with E-state index in [0.29, 0.717) is 28.4 Å². The number of hydrogen-bond donors (Lipinski definition) is 4. The molecule has 5 aromatic rings. The van der Waals surface area contributed by atoms with Crippen molar-refractivity contribution in [3.8, 4) is 34.5 Å². The van der Waals surface area contributed by atoms with E-state index in [4.69, 9.17) is 56.4 Å². The second-order valence-electron chi connectivity index (χ2n) is 13.8. The molecule has 2 atom stereocenters. The Morgan fingerprint density at radius 3 is 2.06 bits per heavy atom. The molecule has 0 spiro atoms. The number of methoxy groups -OCH3 is 4. The predicted octanol–water partition coefficient (Wildman–Crippen LogP) is 7.97. The quantitative estimate of drug-likeness (QED) is 0.0584. The maximum Gasteiger partial charge on any atom is 0.247 e. The number of carbonyl (C=O) groups excluding carboxylic acids is 2. The molecule has 1 aliphatic heterocycles. The molecule has 0 bridgehead atoms. The molecule has 2 unspecified atom stereocenters. The molecular weight excluding hydrogens is 898 g/mol. The van der Waals surface area contributed by atoms with Gasteiger partial charge in [-0.2, -0.15) is 0 Å². The van der Waals surface area contributed by atoms with Crippen LogP contribution in [-0.4, -0.2) is 80.5 Å². The van der Waals surface area contributed by atoms with Crippen molar-refractivity contribution in [1.29, 1.82) is 0 Å². The van der Waals surface area contributed by atoms with Crippen molar-refractivity contribution in [2.45, 2.75) is 32.2 Å². The highest BCUT2D eigenvalue weighted by atomic mass is 35.5. The van der Waals surface area contributed by atoms with Gasteiger partial charge >= 0.3 is 0 Å². The van der Waals surface area contributed by atoms with E-state index in [1.54, 1.807) is 12.1 Å². The van der Waals surface area contributed by atoms with E-state index in [1.165, 1.54) is 53.1 Å². The molecule has 342 valence electrons. The van der Waals surface area contributed by atoms with Gasteiger partial charge < -0.3 is 54.4 Å². The van der Waals surface area contributed by atoms with Crippen molar-refractivity contribution in [3.05, 3.63) is 117 Å². The van der Waals surface area contributed by atoms with Crippen LogP contribution < -0.4 is 49.7 Å². The first-order valence-electron chi connectivity index (χ1n) is 19.4. The van der Waals surface area contributed by atoms with Crippen LogP contribution in [-0.2, 0) is 27.5 Å². The average molecular weight is 941 g/mol. The minimum atomic E-state index is -1.11. The zero-order valence-electron chi connectivity index (χ0n) is 35.4. The number of anilines is 4. The maximum atomic E-state index is 15.9. The van der Waals surface area contributed by atoms with Crippen LogP contribution in [0, 0.1) is 24.4 Å². The third-order valence-electron chi connectivity index (χ3n) is 9.79. The Morgan fingerprint density at radius 1 is 0.831 bits per heavy atom. The summed E-state index contributed by atoms with van der Waals surface area (Å²) < 4.78 is 85.1. The van der Waals surface area contributed by atoms with E-state index in [-0.39, 0.29) is 58.7 Å². The van der Waals surface area contributed by atoms with Gasteiger partial charge in [0.05, 0.1) is 105 Å². The van der Waals surface area contributed by atoms with E-state index < -0.39 is 65.0 Å². The van der Waals surface area contributed by atoms with Crippen molar-refractivity contribution >= 4 is 64.2 Å². The number of aromatic nitrogens is 3. The number of nitrogens with one attached hydrogen (secondary N) is 4. The van der Waals surface area contributed by atoms with E-state index in [9.17, 15) is 9.59 Å². The van der Waals surface area contributed by atoms with Crippen LogP contribution in [0.15, 0.2) is 67.7 Å². The van der Waals surface area contributed by atoms with E-state index in [1.807, 2.05) is 13.0 Å². The number of hydrogen-bond acceptors (Lipinski definition) is 14. The smallest absolute Gasteiger partial charge is 0.247 e. The molecule has 0 saturated carbocycles. The molecule has 1 aliphatic rings. The van der Waals surface area contributed by atoms with Crippen LogP contribution in [0.25, 0.3) is 6.08 Å². The number of amides is 2. The summed E-state index contributed by atoms with van der Waals surface area (Å²) in [6.45, 7) is 4.66. The van der Waals surface area contributed by atoms with Crippen LogP contribution in [0.2, 0.25) is 10.0 Å². The van der Waals surface area contributed by atoms with Crippen molar-refractivity contribution in [3.63, 3.8) is 0 Å². The molecule has 65 heavy (non-hydrogen) atoms. The zero-order valence-corrected chi connectivity index (χ0v) is 37.0. The number of rotatable bonds is 19. The molecule has 21 heteroatoms. The van der Waals surface area contributed by atoms with Crippen molar-refractivity contribution in [1.82, 2.24) is 20.3 Å². The van der Waals surface area contributed by atoms with Crippen LogP contribution in [0.3, 0.4) is 0 Å². The second kappa shape index (κ2) is 21.6. The van der Waals surface area contributed by atoms with Crippen LogP contribution in [0.4, 0.5) is 36.3 Å². The summed E-state index contributed by atoms with van der Waals surface area (Å²) in [5.74, 6) is -4.13. The topological polar surface area (TPSA) is 186 Å². The highest BCUT2D eigenvalue weighted by Gasteiger charge is 2.31. The summed E-state index contributed by atoms with van der Waals surface area (Å²) in [7, 11) is 5.20. The average Bonchev–Trinajstić information content (AvgIpc) is 3.73. The van der Waals surface area contributed by atoms with Gasteiger partial charge in [-0.1, -0.05) is 41.9 Å². The van der Waals surface area contributed by atoms with Crippen LogP contribution in [0.1, 0.15) is 22.3 Å².